The Morgan fingerprint density at radius 3 is 2.67 bits per heavy atom. The Bertz CT molecular complexity index is 314. The normalized spacial score (nSPS) is 10.7. The van der Waals surface area contributed by atoms with E-state index in [1.54, 1.807) is 6.07 Å². The van der Waals surface area contributed by atoms with E-state index in [0.29, 0.717) is 5.75 Å². The van der Waals surface area contributed by atoms with Crippen molar-refractivity contribution in [2.24, 2.45) is 0 Å². The van der Waals surface area contributed by atoms with Crippen molar-refractivity contribution in [1.29, 1.82) is 0 Å². The molecule has 0 aliphatic heterocycles. The fourth-order valence-corrected chi connectivity index (χ4v) is 1.58. The molecule has 0 aromatic heterocycles. The van der Waals surface area contributed by atoms with Crippen LogP contribution in [0.3, 0.4) is 0 Å². The molecule has 0 atom stereocenters. The summed E-state index contributed by atoms with van der Waals surface area (Å²) < 4.78 is 18.2. The second-order valence-electron chi connectivity index (χ2n) is 3.71. The van der Waals surface area contributed by atoms with Crippen molar-refractivity contribution < 1.29 is 9.13 Å². The number of ether oxygens (including phenoxy) is 1. The van der Waals surface area contributed by atoms with Gasteiger partial charge in [-0.3, -0.25) is 0 Å². The average molecular weight is 211 g/mol. The van der Waals surface area contributed by atoms with Crippen LogP contribution in [-0.2, 0) is 6.54 Å². The summed E-state index contributed by atoms with van der Waals surface area (Å²) in [6.45, 7) is 3.92. The van der Waals surface area contributed by atoms with Crippen LogP contribution < -0.4 is 4.74 Å². The quantitative estimate of drug-likeness (QED) is 0.742. The van der Waals surface area contributed by atoms with E-state index in [-0.39, 0.29) is 5.82 Å². The molecule has 0 spiro atoms. The molecule has 0 heterocycles. The average Bonchev–Trinajstić information content (AvgIpc) is 2.18. The molecular formula is C12H18FNO. The van der Waals surface area contributed by atoms with Crippen LogP contribution in [0.25, 0.3) is 0 Å². The Hall–Kier alpha value is -1.09. The van der Waals surface area contributed by atoms with Crippen molar-refractivity contribution >= 4 is 0 Å². The van der Waals surface area contributed by atoms with Gasteiger partial charge in [0.25, 0.3) is 0 Å². The van der Waals surface area contributed by atoms with Crippen LogP contribution in [0, 0.1) is 5.82 Å². The molecule has 84 valence electrons. The summed E-state index contributed by atoms with van der Waals surface area (Å²) in [6.07, 6.45) is 1.11. The summed E-state index contributed by atoms with van der Waals surface area (Å²) in [5, 5.41) is 0. The third kappa shape index (κ3) is 3.51. The molecular weight excluding hydrogens is 193 g/mol. The minimum absolute atomic E-state index is 0.292. The Morgan fingerprint density at radius 1 is 1.40 bits per heavy atom. The molecule has 0 aliphatic carbocycles. The maximum absolute atomic E-state index is 13.3. The summed E-state index contributed by atoms with van der Waals surface area (Å²) in [5.41, 5.74) is 0.976. The van der Waals surface area contributed by atoms with E-state index in [4.69, 9.17) is 4.74 Å². The molecule has 0 N–H and O–H groups in total. The summed E-state index contributed by atoms with van der Waals surface area (Å²) in [5.74, 6) is 0.0109. The molecule has 0 fully saturated rings. The number of hydrogen-bond acceptors (Lipinski definition) is 2. The maximum Gasteiger partial charge on any atom is 0.165 e. The van der Waals surface area contributed by atoms with Gasteiger partial charge in [0, 0.05) is 6.54 Å². The molecule has 1 aromatic rings. The van der Waals surface area contributed by atoms with Crippen molar-refractivity contribution in [2.45, 2.75) is 19.9 Å². The summed E-state index contributed by atoms with van der Waals surface area (Å²) in [4.78, 5) is 2.17. The molecule has 15 heavy (non-hydrogen) atoms. The number of rotatable bonds is 5. The molecule has 3 heteroatoms. The Labute approximate surface area is 90.7 Å². The molecule has 0 saturated heterocycles. The fraction of sp³-hybridized carbons (Fsp3) is 0.500. The van der Waals surface area contributed by atoms with Crippen LogP contribution in [0.1, 0.15) is 18.9 Å². The lowest BCUT2D eigenvalue weighted by molar-refractivity contribution is 0.326. The molecule has 1 aromatic carbocycles. The van der Waals surface area contributed by atoms with Gasteiger partial charge in [0.1, 0.15) is 0 Å². The molecule has 2 nitrogen and oxygen atoms in total. The predicted octanol–water partition coefficient (Wildman–Crippen LogP) is 2.68. The number of methoxy groups -OCH3 is 1. The lowest BCUT2D eigenvalue weighted by Gasteiger charge is -2.15. The van der Waals surface area contributed by atoms with Gasteiger partial charge in [0.05, 0.1) is 7.11 Å². The second kappa shape index (κ2) is 5.71. The Morgan fingerprint density at radius 2 is 2.13 bits per heavy atom. The molecule has 1 rings (SSSR count). The summed E-state index contributed by atoms with van der Waals surface area (Å²) in [7, 11) is 3.51. The topological polar surface area (TPSA) is 12.5 Å². The van der Waals surface area contributed by atoms with Gasteiger partial charge in [-0.25, -0.2) is 4.39 Å². The van der Waals surface area contributed by atoms with Crippen molar-refractivity contribution in [1.82, 2.24) is 4.90 Å². The van der Waals surface area contributed by atoms with Crippen molar-refractivity contribution in [3.8, 4) is 5.75 Å². The maximum atomic E-state index is 13.3. The van der Waals surface area contributed by atoms with Gasteiger partial charge < -0.3 is 9.64 Å². The van der Waals surface area contributed by atoms with E-state index in [0.717, 1.165) is 25.1 Å². The van der Waals surface area contributed by atoms with Gasteiger partial charge in [0.2, 0.25) is 0 Å². The molecule has 0 amide bonds. The third-order valence-corrected chi connectivity index (χ3v) is 2.27. The first-order valence-corrected chi connectivity index (χ1v) is 5.18. The highest BCUT2D eigenvalue weighted by Gasteiger charge is 2.04. The Balaban J connectivity index is 2.66. The SMILES string of the molecule is CCCN(C)Cc1ccc(OC)c(F)c1. The minimum Gasteiger partial charge on any atom is -0.494 e. The molecule has 0 unspecified atom stereocenters. The highest BCUT2D eigenvalue weighted by Crippen LogP contribution is 2.18. The summed E-state index contributed by atoms with van der Waals surface area (Å²) >= 11 is 0. The molecule has 0 saturated carbocycles. The van der Waals surface area contributed by atoms with Gasteiger partial charge in [0.15, 0.2) is 11.6 Å². The molecule has 0 radical (unpaired) electrons. The molecule has 0 aliphatic rings. The zero-order valence-electron chi connectivity index (χ0n) is 9.59. The van der Waals surface area contributed by atoms with Crippen LogP contribution >= 0.6 is 0 Å². The number of halogens is 1. The van der Waals surface area contributed by atoms with Crippen molar-refractivity contribution in [3.63, 3.8) is 0 Å². The highest BCUT2D eigenvalue weighted by molar-refractivity contribution is 5.29. The predicted molar refractivity (Wildman–Crippen MR) is 59.6 cm³/mol. The first-order valence-electron chi connectivity index (χ1n) is 5.18. The zero-order chi connectivity index (χ0) is 11.3. The largest absolute Gasteiger partial charge is 0.494 e. The minimum atomic E-state index is -0.292. The van der Waals surface area contributed by atoms with E-state index in [1.165, 1.54) is 13.2 Å². The smallest absolute Gasteiger partial charge is 0.165 e. The van der Waals surface area contributed by atoms with E-state index in [2.05, 4.69) is 11.8 Å². The lowest BCUT2D eigenvalue weighted by atomic mass is 10.2. The van der Waals surface area contributed by atoms with Crippen molar-refractivity contribution in [3.05, 3.63) is 29.6 Å². The van der Waals surface area contributed by atoms with Crippen LogP contribution in [0.5, 0.6) is 5.75 Å². The van der Waals surface area contributed by atoms with E-state index in [9.17, 15) is 4.39 Å². The zero-order valence-corrected chi connectivity index (χ0v) is 9.59. The lowest BCUT2D eigenvalue weighted by Crippen LogP contribution is -2.18. The van der Waals surface area contributed by atoms with E-state index in [1.807, 2.05) is 13.1 Å². The third-order valence-electron chi connectivity index (χ3n) is 2.27. The molecule has 0 bridgehead atoms. The number of nitrogens with zero attached hydrogens (tertiary/aromatic N) is 1. The number of hydrogen-bond donors (Lipinski definition) is 0. The summed E-state index contributed by atoms with van der Waals surface area (Å²) in [6, 6.07) is 5.10. The highest BCUT2D eigenvalue weighted by atomic mass is 19.1. The van der Waals surface area contributed by atoms with Gasteiger partial charge in [-0.05, 0) is 37.7 Å². The van der Waals surface area contributed by atoms with Gasteiger partial charge in [-0.1, -0.05) is 13.0 Å². The van der Waals surface area contributed by atoms with Crippen LogP contribution in [-0.4, -0.2) is 25.6 Å². The van der Waals surface area contributed by atoms with Crippen LogP contribution in [0.15, 0.2) is 18.2 Å². The van der Waals surface area contributed by atoms with E-state index >= 15 is 0 Å². The fourth-order valence-electron chi connectivity index (χ4n) is 1.58. The second-order valence-corrected chi connectivity index (χ2v) is 3.71. The Kier molecular flexibility index (Phi) is 4.56. The standard InChI is InChI=1S/C12H18FNO/c1-4-7-14(2)9-10-5-6-12(15-3)11(13)8-10/h5-6,8H,4,7,9H2,1-3H3. The van der Waals surface area contributed by atoms with Gasteiger partial charge >= 0.3 is 0 Å². The monoisotopic (exact) mass is 211 g/mol. The first kappa shape index (κ1) is 12.0. The van der Waals surface area contributed by atoms with Crippen LogP contribution in [0.4, 0.5) is 4.39 Å². The van der Waals surface area contributed by atoms with Crippen LogP contribution in [0.2, 0.25) is 0 Å². The van der Waals surface area contributed by atoms with Crippen molar-refractivity contribution in [2.75, 3.05) is 20.7 Å². The first-order chi connectivity index (χ1) is 7.17. The van der Waals surface area contributed by atoms with Gasteiger partial charge in [-0.15, -0.1) is 0 Å². The number of benzene rings is 1. The van der Waals surface area contributed by atoms with E-state index < -0.39 is 0 Å². The van der Waals surface area contributed by atoms with Gasteiger partial charge in [-0.2, -0.15) is 0 Å².